The monoisotopic (exact) mass is 300 g/mol. The topological polar surface area (TPSA) is 93.1 Å². The van der Waals surface area contributed by atoms with Crippen molar-refractivity contribution < 1.29 is 5.11 Å². The molecule has 2 aliphatic carbocycles. The summed E-state index contributed by atoms with van der Waals surface area (Å²) in [6.45, 7) is 0.0205. The molecule has 0 spiro atoms. The lowest BCUT2D eigenvalue weighted by Gasteiger charge is -2.27. The minimum absolute atomic E-state index is 0.0205. The van der Waals surface area contributed by atoms with Gasteiger partial charge in [0, 0.05) is 13.1 Å². The fourth-order valence-electron chi connectivity index (χ4n) is 3.24. The minimum atomic E-state index is -0.467. The maximum Gasteiger partial charge on any atom is 0.224 e. The highest BCUT2D eigenvalue weighted by molar-refractivity contribution is 5.85. The molecule has 7 heteroatoms. The summed E-state index contributed by atoms with van der Waals surface area (Å²) >= 11 is 0. The van der Waals surface area contributed by atoms with E-state index in [4.69, 9.17) is 5.73 Å². The van der Waals surface area contributed by atoms with Crippen molar-refractivity contribution in [2.45, 2.75) is 37.3 Å². The van der Waals surface area contributed by atoms with E-state index in [1.165, 1.54) is 12.8 Å². The summed E-state index contributed by atoms with van der Waals surface area (Å²) in [4.78, 5) is 15.4. The fourth-order valence-corrected chi connectivity index (χ4v) is 3.24. The van der Waals surface area contributed by atoms with Crippen LogP contribution in [0, 0.1) is 0 Å². The van der Waals surface area contributed by atoms with E-state index in [1.807, 2.05) is 17.7 Å². The third kappa shape index (κ3) is 1.89. The standard InChI is InChI=1S/C15H20N6O/c1-20(10-4-5-10)12-11-13(19-14(16)18-12)21(9-17-11)15(8-22)6-2-3-7-15/h2,6,9-10,22H,3-5,7-8H2,1H3,(H2,16,18,19). The Balaban J connectivity index is 1.90. The lowest BCUT2D eigenvalue weighted by molar-refractivity contribution is 0.174. The summed E-state index contributed by atoms with van der Waals surface area (Å²) in [5.74, 6) is 1.02. The Kier molecular flexibility index (Phi) is 2.87. The highest BCUT2D eigenvalue weighted by Gasteiger charge is 2.35. The van der Waals surface area contributed by atoms with E-state index in [2.05, 4.69) is 25.9 Å². The van der Waals surface area contributed by atoms with Crippen LogP contribution in [0.2, 0.25) is 0 Å². The Morgan fingerprint density at radius 1 is 1.45 bits per heavy atom. The molecule has 3 N–H and O–H groups in total. The minimum Gasteiger partial charge on any atom is -0.394 e. The van der Waals surface area contributed by atoms with Crippen LogP contribution in [-0.2, 0) is 5.54 Å². The van der Waals surface area contributed by atoms with Gasteiger partial charge in [-0.25, -0.2) is 4.98 Å². The summed E-state index contributed by atoms with van der Waals surface area (Å²) in [6.07, 6.45) is 10.00. The third-order valence-electron chi connectivity index (χ3n) is 4.75. The molecule has 0 bridgehead atoms. The van der Waals surface area contributed by atoms with E-state index < -0.39 is 5.54 Å². The van der Waals surface area contributed by atoms with Gasteiger partial charge in [-0.15, -0.1) is 0 Å². The molecule has 0 amide bonds. The van der Waals surface area contributed by atoms with Crippen molar-refractivity contribution in [3.05, 3.63) is 18.5 Å². The van der Waals surface area contributed by atoms with Gasteiger partial charge in [0.25, 0.3) is 0 Å². The smallest absolute Gasteiger partial charge is 0.224 e. The number of nitrogens with zero attached hydrogens (tertiary/aromatic N) is 5. The lowest BCUT2D eigenvalue weighted by Crippen LogP contribution is -2.33. The van der Waals surface area contributed by atoms with Gasteiger partial charge in [-0.3, -0.25) is 0 Å². The van der Waals surface area contributed by atoms with Gasteiger partial charge < -0.3 is 20.3 Å². The molecular weight excluding hydrogens is 280 g/mol. The van der Waals surface area contributed by atoms with Crippen LogP contribution in [0.15, 0.2) is 18.5 Å². The lowest BCUT2D eigenvalue weighted by atomic mass is 10.00. The van der Waals surface area contributed by atoms with Crippen molar-refractivity contribution in [1.82, 2.24) is 19.5 Å². The van der Waals surface area contributed by atoms with E-state index in [1.54, 1.807) is 6.33 Å². The number of anilines is 2. The zero-order chi connectivity index (χ0) is 15.3. The number of hydrogen-bond acceptors (Lipinski definition) is 6. The highest BCUT2D eigenvalue weighted by Crippen LogP contribution is 2.36. The normalized spacial score (nSPS) is 24.3. The number of rotatable bonds is 4. The number of aliphatic hydroxyl groups excluding tert-OH is 1. The van der Waals surface area contributed by atoms with Crippen molar-refractivity contribution in [3.8, 4) is 0 Å². The molecule has 116 valence electrons. The molecule has 1 unspecified atom stereocenters. The van der Waals surface area contributed by atoms with E-state index in [0.29, 0.717) is 11.7 Å². The second-order valence-electron chi connectivity index (χ2n) is 6.24. The van der Waals surface area contributed by atoms with Gasteiger partial charge in [-0.1, -0.05) is 12.2 Å². The molecule has 22 heavy (non-hydrogen) atoms. The number of allylic oxidation sites excluding steroid dienone is 1. The molecule has 1 fully saturated rings. The van der Waals surface area contributed by atoms with Gasteiger partial charge in [0.05, 0.1) is 18.5 Å². The molecule has 2 aliphatic rings. The second-order valence-corrected chi connectivity index (χ2v) is 6.24. The van der Waals surface area contributed by atoms with Gasteiger partial charge in [0.2, 0.25) is 5.95 Å². The second kappa shape index (κ2) is 4.67. The zero-order valence-corrected chi connectivity index (χ0v) is 12.6. The van der Waals surface area contributed by atoms with Crippen LogP contribution < -0.4 is 10.6 Å². The quantitative estimate of drug-likeness (QED) is 0.820. The Bertz CT molecular complexity index is 750. The van der Waals surface area contributed by atoms with Gasteiger partial charge in [-0.05, 0) is 25.7 Å². The van der Waals surface area contributed by atoms with Crippen LogP contribution in [0.4, 0.5) is 11.8 Å². The molecule has 2 aromatic heterocycles. The van der Waals surface area contributed by atoms with Crippen molar-refractivity contribution in [2.75, 3.05) is 24.3 Å². The number of aliphatic hydroxyl groups is 1. The first-order valence-electron chi connectivity index (χ1n) is 7.67. The van der Waals surface area contributed by atoms with Gasteiger partial charge in [0.15, 0.2) is 17.0 Å². The Morgan fingerprint density at radius 3 is 2.91 bits per heavy atom. The first kappa shape index (κ1) is 13.5. The summed E-state index contributed by atoms with van der Waals surface area (Å²) < 4.78 is 1.94. The molecule has 0 radical (unpaired) electrons. The van der Waals surface area contributed by atoms with Crippen molar-refractivity contribution in [2.24, 2.45) is 0 Å². The molecule has 1 atom stereocenters. The maximum absolute atomic E-state index is 9.91. The predicted molar refractivity (Wildman–Crippen MR) is 84.6 cm³/mol. The molecule has 4 rings (SSSR count). The van der Waals surface area contributed by atoms with Crippen LogP contribution in [-0.4, -0.2) is 44.3 Å². The van der Waals surface area contributed by atoms with E-state index in [-0.39, 0.29) is 12.6 Å². The van der Waals surface area contributed by atoms with Crippen LogP contribution in [0.1, 0.15) is 25.7 Å². The maximum atomic E-state index is 9.91. The fraction of sp³-hybridized carbons (Fsp3) is 0.533. The van der Waals surface area contributed by atoms with Gasteiger partial charge >= 0.3 is 0 Å². The van der Waals surface area contributed by atoms with E-state index in [9.17, 15) is 5.11 Å². The van der Waals surface area contributed by atoms with Crippen LogP contribution in [0.5, 0.6) is 0 Å². The van der Waals surface area contributed by atoms with Gasteiger partial charge in [-0.2, -0.15) is 9.97 Å². The Labute approximate surface area is 128 Å². The summed E-state index contributed by atoms with van der Waals surface area (Å²) in [5, 5.41) is 9.91. The van der Waals surface area contributed by atoms with Crippen LogP contribution in [0.25, 0.3) is 11.2 Å². The predicted octanol–water partition coefficient (Wildman–Crippen LogP) is 1.04. The number of hydrogen-bond donors (Lipinski definition) is 2. The molecule has 2 aromatic rings. The molecule has 0 aliphatic heterocycles. The van der Waals surface area contributed by atoms with Gasteiger partial charge in [0.1, 0.15) is 0 Å². The first-order chi connectivity index (χ1) is 10.6. The van der Waals surface area contributed by atoms with Crippen molar-refractivity contribution in [3.63, 3.8) is 0 Å². The number of aromatic nitrogens is 4. The number of nitrogens with two attached hydrogens (primary N) is 1. The van der Waals surface area contributed by atoms with E-state index >= 15 is 0 Å². The average Bonchev–Trinajstić information content (AvgIpc) is 3.10. The van der Waals surface area contributed by atoms with E-state index in [0.717, 1.165) is 24.2 Å². The zero-order valence-electron chi connectivity index (χ0n) is 12.6. The number of fused-ring (bicyclic) bond motifs is 1. The van der Waals surface area contributed by atoms with Crippen molar-refractivity contribution >= 4 is 22.9 Å². The highest BCUT2D eigenvalue weighted by atomic mass is 16.3. The SMILES string of the molecule is CN(c1nc(N)nc2c1ncn2C1(CO)C=CCC1)C1CC1. The largest absolute Gasteiger partial charge is 0.394 e. The number of imidazole rings is 1. The molecule has 7 nitrogen and oxygen atoms in total. The molecule has 0 saturated heterocycles. The van der Waals surface area contributed by atoms with Crippen molar-refractivity contribution in [1.29, 1.82) is 0 Å². The first-order valence-corrected chi connectivity index (χ1v) is 7.67. The Hall–Kier alpha value is -2.15. The Morgan fingerprint density at radius 2 is 2.27 bits per heavy atom. The molecule has 2 heterocycles. The summed E-state index contributed by atoms with van der Waals surface area (Å²) in [6, 6.07) is 0.515. The summed E-state index contributed by atoms with van der Waals surface area (Å²) in [5.41, 5.74) is 6.89. The molecule has 0 aromatic carbocycles. The van der Waals surface area contributed by atoms with Crippen LogP contribution >= 0.6 is 0 Å². The average molecular weight is 300 g/mol. The molecular formula is C15H20N6O. The number of nitrogen functional groups attached to an aromatic ring is 1. The van der Waals surface area contributed by atoms with Crippen LogP contribution in [0.3, 0.4) is 0 Å². The molecule has 1 saturated carbocycles. The summed E-state index contributed by atoms with van der Waals surface area (Å²) in [7, 11) is 2.02. The third-order valence-corrected chi connectivity index (χ3v) is 4.75.